The van der Waals surface area contributed by atoms with E-state index >= 15 is 4.39 Å². The zero-order valence-electron chi connectivity index (χ0n) is 18.4. The highest BCUT2D eigenvalue weighted by molar-refractivity contribution is 6.31. The molecule has 4 aromatic rings. The zero-order valence-corrected chi connectivity index (χ0v) is 19.2. The number of furan rings is 1. The minimum Gasteiger partial charge on any atom is -0.469 e. The van der Waals surface area contributed by atoms with Gasteiger partial charge in [-0.3, -0.25) is 9.89 Å². The van der Waals surface area contributed by atoms with E-state index < -0.39 is 23.2 Å². The average molecular weight is 473 g/mol. The van der Waals surface area contributed by atoms with Gasteiger partial charge in [0.05, 0.1) is 30.2 Å². The van der Waals surface area contributed by atoms with Crippen molar-refractivity contribution in [2.75, 3.05) is 12.4 Å². The van der Waals surface area contributed by atoms with E-state index in [1.54, 1.807) is 18.2 Å². The molecule has 0 aliphatic heterocycles. The number of pyridine rings is 1. The van der Waals surface area contributed by atoms with Gasteiger partial charge in [-0.25, -0.2) is 19.3 Å². The number of nitrogens with one attached hydrogen (secondary N) is 2. The van der Waals surface area contributed by atoms with Gasteiger partial charge < -0.3 is 14.5 Å². The van der Waals surface area contributed by atoms with Gasteiger partial charge in [-0.1, -0.05) is 32.4 Å². The van der Waals surface area contributed by atoms with Crippen molar-refractivity contribution in [2.45, 2.75) is 33.2 Å². The summed E-state index contributed by atoms with van der Waals surface area (Å²) >= 11 is 6.11. The van der Waals surface area contributed by atoms with E-state index in [-0.39, 0.29) is 29.5 Å². The Morgan fingerprint density at radius 3 is 2.82 bits per heavy atom. The van der Waals surface area contributed by atoms with Crippen molar-refractivity contribution in [3.63, 3.8) is 0 Å². The Morgan fingerprint density at radius 2 is 2.15 bits per heavy atom. The first-order chi connectivity index (χ1) is 15.7. The highest BCUT2D eigenvalue weighted by Crippen LogP contribution is 2.33. The third-order valence-electron chi connectivity index (χ3n) is 5.16. The molecule has 4 rings (SSSR count). The Balaban J connectivity index is 1.87. The topological polar surface area (TPSA) is 119 Å². The van der Waals surface area contributed by atoms with Crippen molar-refractivity contribution < 1.29 is 18.3 Å². The van der Waals surface area contributed by atoms with Crippen LogP contribution in [0.5, 0.6) is 0 Å². The molecule has 4 aromatic heterocycles. The number of anilines is 1. The third-order valence-corrected chi connectivity index (χ3v) is 5.37. The van der Waals surface area contributed by atoms with E-state index in [0.717, 1.165) is 0 Å². The number of carbonyl (C=O) groups is 1. The van der Waals surface area contributed by atoms with E-state index in [1.165, 1.54) is 19.6 Å². The smallest absolute Gasteiger partial charge is 0.307 e. The molecule has 0 aromatic carbocycles. The number of nitrogens with zero attached hydrogens (tertiary/aromatic N) is 4. The number of halogens is 2. The van der Waals surface area contributed by atoms with Gasteiger partial charge >= 0.3 is 5.97 Å². The zero-order chi connectivity index (χ0) is 23.8. The molecule has 0 spiro atoms. The number of aromatic amines is 1. The Morgan fingerprint density at radius 1 is 1.36 bits per heavy atom. The minimum atomic E-state index is -0.715. The van der Waals surface area contributed by atoms with Gasteiger partial charge in [0.1, 0.15) is 11.4 Å². The molecular formula is C22H22ClFN6O3. The SMILES string of the molecule is COC(=O)C[C@@H](Nc1nc(-c2[nH]nc3ncc(Cl)cc23)nc(-c2ccco2)c1F)C(C)(C)C. The van der Waals surface area contributed by atoms with Crippen LogP contribution in [0.15, 0.2) is 35.1 Å². The molecule has 0 aliphatic carbocycles. The summed E-state index contributed by atoms with van der Waals surface area (Å²) in [5.41, 5.74) is 0.357. The predicted octanol–water partition coefficient (Wildman–Crippen LogP) is 4.86. The van der Waals surface area contributed by atoms with E-state index in [2.05, 4.69) is 30.5 Å². The predicted molar refractivity (Wildman–Crippen MR) is 121 cm³/mol. The Hall–Kier alpha value is -3.53. The molecule has 4 heterocycles. The van der Waals surface area contributed by atoms with Crippen LogP contribution < -0.4 is 5.32 Å². The molecule has 0 unspecified atom stereocenters. The van der Waals surface area contributed by atoms with E-state index in [0.29, 0.717) is 21.7 Å². The first kappa shape index (κ1) is 22.7. The normalized spacial score (nSPS) is 12.7. The lowest BCUT2D eigenvalue weighted by atomic mass is 9.84. The fourth-order valence-corrected chi connectivity index (χ4v) is 3.42. The number of hydrogen-bond acceptors (Lipinski definition) is 8. The second-order valence-electron chi connectivity index (χ2n) is 8.50. The molecule has 0 bridgehead atoms. The van der Waals surface area contributed by atoms with Crippen molar-refractivity contribution >= 4 is 34.4 Å². The largest absolute Gasteiger partial charge is 0.469 e. The second kappa shape index (κ2) is 8.78. The molecule has 33 heavy (non-hydrogen) atoms. The first-order valence-corrected chi connectivity index (χ1v) is 10.5. The molecule has 172 valence electrons. The van der Waals surface area contributed by atoms with Crippen LogP contribution in [-0.4, -0.2) is 44.3 Å². The van der Waals surface area contributed by atoms with Crippen LogP contribution in [-0.2, 0) is 9.53 Å². The molecule has 11 heteroatoms. The van der Waals surface area contributed by atoms with Crippen LogP contribution >= 0.6 is 11.6 Å². The molecular weight excluding hydrogens is 451 g/mol. The number of H-pyrrole nitrogens is 1. The summed E-state index contributed by atoms with van der Waals surface area (Å²) < 4.78 is 25.8. The minimum absolute atomic E-state index is 0.0153. The van der Waals surface area contributed by atoms with Crippen molar-refractivity contribution in [3.8, 4) is 23.0 Å². The lowest BCUT2D eigenvalue weighted by Gasteiger charge is -2.31. The van der Waals surface area contributed by atoms with Crippen LogP contribution in [0.1, 0.15) is 27.2 Å². The van der Waals surface area contributed by atoms with Gasteiger partial charge in [0, 0.05) is 12.2 Å². The van der Waals surface area contributed by atoms with Crippen molar-refractivity contribution in [2.24, 2.45) is 5.41 Å². The highest BCUT2D eigenvalue weighted by Gasteiger charge is 2.30. The summed E-state index contributed by atoms with van der Waals surface area (Å²) in [4.78, 5) is 25.0. The summed E-state index contributed by atoms with van der Waals surface area (Å²) in [5.74, 6) is -0.855. The van der Waals surface area contributed by atoms with Gasteiger partial charge in [0.25, 0.3) is 0 Å². The summed E-state index contributed by atoms with van der Waals surface area (Å²) in [5, 5.41) is 11.1. The molecule has 2 N–H and O–H groups in total. The first-order valence-electron chi connectivity index (χ1n) is 10.1. The maximum absolute atomic E-state index is 15.6. The number of hydrogen-bond donors (Lipinski definition) is 2. The molecule has 0 saturated carbocycles. The van der Waals surface area contributed by atoms with E-state index in [9.17, 15) is 4.79 Å². The molecule has 0 radical (unpaired) electrons. The second-order valence-corrected chi connectivity index (χ2v) is 8.94. The summed E-state index contributed by atoms with van der Waals surface area (Å²) in [6.45, 7) is 5.78. The van der Waals surface area contributed by atoms with Gasteiger partial charge in [-0.15, -0.1) is 0 Å². The fourth-order valence-electron chi connectivity index (χ4n) is 3.26. The van der Waals surface area contributed by atoms with E-state index in [4.69, 9.17) is 20.8 Å². The van der Waals surface area contributed by atoms with Crippen molar-refractivity contribution in [1.29, 1.82) is 0 Å². The number of aromatic nitrogens is 5. The summed E-state index contributed by atoms with van der Waals surface area (Å²) in [6.07, 6.45) is 2.91. The maximum atomic E-state index is 15.6. The van der Waals surface area contributed by atoms with Crippen molar-refractivity contribution in [1.82, 2.24) is 25.1 Å². The van der Waals surface area contributed by atoms with Gasteiger partial charge in [-0.05, 0) is 23.6 Å². The maximum Gasteiger partial charge on any atom is 0.307 e. The monoisotopic (exact) mass is 472 g/mol. The van der Waals surface area contributed by atoms with Crippen LogP contribution in [0, 0.1) is 11.2 Å². The highest BCUT2D eigenvalue weighted by atomic mass is 35.5. The molecule has 9 nitrogen and oxygen atoms in total. The summed E-state index contributed by atoms with van der Waals surface area (Å²) in [7, 11) is 1.31. The molecule has 0 amide bonds. The summed E-state index contributed by atoms with van der Waals surface area (Å²) in [6, 6.07) is 4.41. The van der Waals surface area contributed by atoms with Gasteiger partial charge in [-0.2, -0.15) is 5.10 Å². The van der Waals surface area contributed by atoms with E-state index in [1.807, 2.05) is 20.8 Å². The van der Waals surface area contributed by atoms with Crippen molar-refractivity contribution in [3.05, 3.63) is 41.5 Å². The Bertz CT molecular complexity index is 1300. The Kier molecular flexibility index (Phi) is 6.03. The number of esters is 1. The number of carbonyl (C=O) groups excluding carboxylic acids is 1. The van der Waals surface area contributed by atoms with Crippen LogP contribution in [0.4, 0.5) is 10.2 Å². The number of rotatable bonds is 6. The van der Waals surface area contributed by atoms with Gasteiger partial charge in [0.15, 0.2) is 28.9 Å². The van der Waals surface area contributed by atoms with Crippen LogP contribution in [0.2, 0.25) is 5.02 Å². The molecule has 0 aliphatic rings. The third kappa shape index (κ3) is 4.65. The number of fused-ring (bicyclic) bond motifs is 1. The average Bonchev–Trinajstić information content (AvgIpc) is 3.43. The lowest BCUT2D eigenvalue weighted by molar-refractivity contribution is -0.141. The number of methoxy groups -OCH3 is 1. The molecule has 1 atom stereocenters. The number of ether oxygens (including phenoxy) is 1. The molecule has 0 saturated heterocycles. The molecule has 0 fully saturated rings. The standard InChI is InChI=1S/C22H22ClFN6O3/c1-22(2,3)14(9-15(31)32-4)26-20-16(24)18(13-6-5-7-33-13)27-21(28-20)17-12-8-11(23)10-25-19(12)30-29-17/h5-8,10,14H,9H2,1-4H3,(H,25,29,30)(H,26,27,28)/t14-/m1/s1. The lowest BCUT2D eigenvalue weighted by Crippen LogP contribution is -2.37. The fraction of sp³-hybridized carbons (Fsp3) is 0.318. The van der Waals surface area contributed by atoms with Gasteiger partial charge in [0.2, 0.25) is 0 Å². The van der Waals surface area contributed by atoms with Crippen LogP contribution in [0.25, 0.3) is 34.0 Å². The quantitative estimate of drug-likeness (QED) is 0.382. The Labute approximate surface area is 193 Å². The van der Waals surface area contributed by atoms with Crippen LogP contribution in [0.3, 0.4) is 0 Å².